The second-order valence-electron chi connectivity index (χ2n) is 3.57. The van der Waals surface area contributed by atoms with Gasteiger partial charge in [0.25, 0.3) is 0 Å². The predicted octanol–water partition coefficient (Wildman–Crippen LogP) is -0.673. The Labute approximate surface area is 96.9 Å². The molecule has 7 heteroatoms. The summed E-state index contributed by atoms with van der Waals surface area (Å²) in [4.78, 5) is 33.0. The summed E-state index contributed by atoms with van der Waals surface area (Å²) in [5.41, 5.74) is 4.90. The van der Waals surface area contributed by atoms with Crippen molar-refractivity contribution in [3.8, 4) is 0 Å². The van der Waals surface area contributed by atoms with Gasteiger partial charge in [0, 0.05) is 0 Å². The zero-order valence-electron chi connectivity index (χ0n) is 8.64. The maximum absolute atomic E-state index is 11.6. The Bertz CT molecular complexity index is 302. The quantitative estimate of drug-likeness (QED) is 0.596. The summed E-state index contributed by atoms with van der Waals surface area (Å²) >= 11 is 1.50. The van der Waals surface area contributed by atoms with Gasteiger partial charge in [0.1, 0.15) is 6.04 Å². The molecule has 1 saturated heterocycles. The van der Waals surface area contributed by atoms with Gasteiger partial charge in [0.15, 0.2) is 0 Å². The number of nitrogens with one attached hydrogen (secondary N) is 1. The number of amides is 2. The van der Waals surface area contributed by atoms with Crippen LogP contribution in [0.15, 0.2) is 0 Å². The van der Waals surface area contributed by atoms with Gasteiger partial charge in [-0.1, -0.05) is 0 Å². The smallest absolute Gasteiger partial charge is 0.326 e. The Kier molecular flexibility index (Phi) is 4.60. The predicted molar refractivity (Wildman–Crippen MR) is 58.9 cm³/mol. The number of hydrogen-bond acceptors (Lipinski definition) is 4. The van der Waals surface area contributed by atoms with E-state index in [1.807, 2.05) is 0 Å². The topological polar surface area (TPSA) is 109 Å². The molecule has 16 heavy (non-hydrogen) atoms. The third-order valence-electron chi connectivity index (χ3n) is 2.24. The highest BCUT2D eigenvalue weighted by Crippen LogP contribution is 2.26. The third-order valence-corrected chi connectivity index (χ3v) is 3.62. The second-order valence-corrected chi connectivity index (χ2v) is 4.88. The minimum Gasteiger partial charge on any atom is -0.480 e. The fourth-order valence-corrected chi connectivity index (χ4v) is 2.62. The van der Waals surface area contributed by atoms with Crippen molar-refractivity contribution < 1.29 is 19.5 Å². The first-order valence-electron chi connectivity index (χ1n) is 4.94. The fraction of sp³-hybridized carbons (Fsp3) is 0.667. The lowest BCUT2D eigenvalue weighted by atomic mass is 10.2. The number of thioether (sulfide) groups is 1. The molecule has 4 N–H and O–H groups in total. The summed E-state index contributed by atoms with van der Waals surface area (Å²) < 4.78 is 0. The van der Waals surface area contributed by atoms with Crippen LogP contribution in [0.4, 0.5) is 0 Å². The van der Waals surface area contributed by atoms with Crippen molar-refractivity contribution in [2.75, 3.05) is 5.75 Å². The molecule has 0 aliphatic carbocycles. The van der Waals surface area contributed by atoms with E-state index in [0.29, 0.717) is 0 Å². The highest BCUT2D eigenvalue weighted by atomic mass is 32.2. The average molecular weight is 246 g/mol. The molecule has 1 aliphatic rings. The van der Waals surface area contributed by atoms with Crippen LogP contribution in [0.3, 0.4) is 0 Å². The van der Waals surface area contributed by atoms with Gasteiger partial charge in [0.2, 0.25) is 11.8 Å². The van der Waals surface area contributed by atoms with E-state index in [1.54, 1.807) is 0 Å². The van der Waals surface area contributed by atoms with Gasteiger partial charge in [-0.3, -0.25) is 9.59 Å². The first-order valence-corrected chi connectivity index (χ1v) is 5.98. The Morgan fingerprint density at radius 2 is 2.19 bits per heavy atom. The van der Waals surface area contributed by atoms with Gasteiger partial charge >= 0.3 is 5.97 Å². The van der Waals surface area contributed by atoms with Crippen LogP contribution in [-0.2, 0) is 14.4 Å². The van der Waals surface area contributed by atoms with Crippen LogP contribution < -0.4 is 11.1 Å². The number of hydrogen-bond donors (Lipinski definition) is 3. The number of carbonyl (C=O) groups is 3. The number of carboxylic acids is 1. The average Bonchev–Trinajstić information content (AvgIpc) is 2.68. The van der Waals surface area contributed by atoms with Gasteiger partial charge in [-0.05, 0) is 18.6 Å². The highest BCUT2D eigenvalue weighted by Gasteiger charge is 2.28. The molecule has 0 aromatic heterocycles. The molecule has 6 nitrogen and oxygen atoms in total. The van der Waals surface area contributed by atoms with Crippen LogP contribution >= 0.6 is 11.8 Å². The molecule has 2 atom stereocenters. The number of carboxylic acid groups (broad SMARTS) is 1. The first kappa shape index (κ1) is 12.8. The van der Waals surface area contributed by atoms with Crippen LogP contribution in [0, 0.1) is 0 Å². The van der Waals surface area contributed by atoms with E-state index in [1.165, 1.54) is 11.8 Å². The second kappa shape index (κ2) is 5.74. The SMILES string of the molecule is NC(=O)CC(NC(=O)C1CCCS1)C(=O)O. The molecule has 2 unspecified atom stereocenters. The molecule has 0 spiro atoms. The molecule has 0 radical (unpaired) electrons. The number of aliphatic carboxylic acids is 1. The number of rotatable bonds is 5. The molecule has 1 heterocycles. The third kappa shape index (κ3) is 3.73. The van der Waals surface area contributed by atoms with Crippen LogP contribution in [-0.4, -0.2) is 39.9 Å². The van der Waals surface area contributed by atoms with Gasteiger partial charge < -0.3 is 16.2 Å². The lowest BCUT2D eigenvalue weighted by molar-refractivity contribution is -0.143. The van der Waals surface area contributed by atoms with E-state index in [4.69, 9.17) is 10.8 Å². The van der Waals surface area contributed by atoms with E-state index in [-0.39, 0.29) is 17.6 Å². The summed E-state index contributed by atoms with van der Waals surface area (Å²) in [6.07, 6.45) is 1.33. The van der Waals surface area contributed by atoms with Crippen LogP contribution in [0.2, 0.25) is 0 Å². The minimum atomic E-state index is -1.24. The highest BCUT2D eigenvalue weighted by molar-refractivity contribution is 8.00. The zero-order valence-corrected chi connectivity index (χ0v) is 9.46. The summed E-state index contributed by atoms with van der Waals surface area (Å²) in [5.74, 6) is -1.40. The lowest BCUT2D eigenvalue weighted by Gasteiger charge is -2.15. The molecule has 0 aromatic carbocycles. The molecule has 0 saturated carbocycles. The molecular formula is C9H14N2O4S. The Balaban J connectivity index is 2.50. The number of primary amides is 1. The van der Waals surface area contributed by atoms with Crippen molar-refractivity contribution in [3.05, 3.63) is 0 Å². The van der Waals surface area contributed by atoms with Crippen molar-refractivity contribution in [2.45, 2.75) is 30.6 Å². The molecule has 1 rings (SSSR count). The van der Waals surface area contributed by atoms with Crippen molar-refractivity contribution in [2.24, 2.45) is 5.73 Å². The number of carbonyl (C=O) groups excluding carboxylic acids is 2. The van der Waals surface area contributed by atoms with Crippen molar-refractivity contribution >= 4 is 29.5 Å². The Morgan fingerprint density at radius 3 is 2.62 bits per heavy atom. The van der Waals surface area contributed by atoms with Gasteiger partial charge in [-0.2, -0.15) is 0 Å². The largest absolute Gasteiger partial charge is 0.480 e. The van der Waals surface area contributed by atoms with Crippen molar-refractivity contribution in [1.82, 2.24) is 5.32 Å². The summed E-state index contributed by atoms with van der Waals surface area (Å²) in [6.45, 7) is 0. The fourth-order valence-electron chi connectivity index (χ4n) is 1.45. The van der Waals surface area contributed by atoms with E-state index >= 15 is 0 Å². The minimum absolute atomic E-state index is 0.199. The zero-order chi connectivity index (χ0) is 12.1. The van der Waals surface area contributed by atoms with E-state index in [9.17, 15) is 14.4 Å². The van der Waals surface area contributed by atoms with Crippen molar-refractivity contribution in [1.29, 1.82) is 0 Å². The summed E-state index contributed by atoms with van der Waals surface area (Å²) in [5, 5.41) is 10.9. The van der Waals surface area contributed by atoms with Gasteiger partial charge in [-0.25, -0.2) is 4.79 Å². The van der Waals surface area contributed by atoms with Gasteiger partial charge in [-0.15, -0.1) is 11.8 Å². The Morgan fingerprint density at radius 1 is 1.50 bits per heavy atom. The first-order chi connectivity index (χ1) is 7.50. The van der Waals surface area contributed by atoms with E-state index in [2.05, 4.69) is 5.32 Å². The monoisotopic (exact) mass is 246 g/mol. The van der Waals surface area contributed by atoms with Crippen molar-refractivity contribution in [3.63, 3.8) is 0 Å². The maximum atomic E-state index is 11.6. The summed E-state index contributed by atoms with van der Waals surface area (Å²) in [7, 11) is 0. The molecule has 0 bridgehead atoms. The summed E-state index contributed by atoms with van der Waals surface area (Å²) in [6, 6.07) is -1.22. The van der Waals surface area contributed by atoms with Crippen LogP contribution in [0.5, 0.6) is 0 Å². The lowest BCUT2D eigenvalue weighted by Crippen LogP contribution is -2.46. The van der Waals surface area contributed by atoms with Gasteiger partial charge in [0.05, 0.1) is 11.7 Å². The molecule has 1 aliphatic heterocycles. The van der Waals surface area contributed by atoms with Crippen LogP contribution in [0.1, 0.15) is 19.3 Å². The standard InChI is InChI=1S/C9H14N2O4S/c10-7(12)4-5(9(14)15)11-8(13)6-2-1-3-16-6/h5-6H,1-4H2,(H2,10,12)(H,11,13)(H,14,15). The van der Waals surface area contributed by atoms with E-state index < -0.39 is 17.9 Å². The maximum Gasteiger partial charge on any atom is 0.326 e. The Hall–Kier alpha value is -1.24. The normalized spacial score (nSPS) is 21.4. The molecule has 1 fully saturated rings. The molecule has 0 aromatic rings. The number of nitrogens with two attached hydrogens (primary N) is 1. The molecule has 2 amide bonds. The van der Waals surface area contributed by atoms with E-state index in [0.717, 1.165) is 18.6 Å². The molecule has 90 valence electrons. The molecular weight excluding hydrogens is 232 g/mol. The van der Waals surface area contributed by atoms with Crippen LogP contribution in [0.25, 0.3) is 0 Å².